The molecule has 1 heterocycles. The molecule has 1 N–H and O–H groups in total. The molecule has 0 amide bonds. The van der Waals surface area contributed by atoms with Crippen molar-refractivity contribution < 1.29 is 4.74 Å². The van der Waals surface area contributed by atoms with Crippen molar-refractivity contribution in [2.45, 2.75) is 20.0 Å². The predicted molar refractivity (Wildman–Crippen MR) is 70.3 cm³/mol. The first-order valence-corrected chi connectivity index (χ1v) is 5.90. The van der Waals surface area contributed by atoms with Gasteiger partial charge in [-0.15, -0.1) is 0 Å². The number of benzene rings is 1. The molecule has 1 aromatic carbocycles. The molecule has 0 bridgehead atoms. The largest absolute Gasteiger partial charge is 0.497 e. The Morgan fingerprint density at radius 1 is 1.11 bits per heavy atom. The number of hydrogen-bond acceptors (Lipinski definition) is 4. The fourth-order valence-corrected chi connectivity index (χ4v) is 1.68. The van der Waals surface area contributed by atoms with Gasteiger partial charge in [0.05, 0.1) is 12.8 Å². The minimum absolute atomic E-state index is 0.745. The highest BCUT2D eigenvalue weighted by atomic mass is 16.5. The Hall–Kier alpha value is -1.94. The molecule has 2 aromatic rings. The summed E-state index contributed by atoms with van der Waals surface area (Å²) in [6.45, 7) is 3.45. The van der Waals surface area contributed by atoms with Crippen molar-refractivity contribution >= 4 is 0 Å². The number of nitrogens with one attached hydrogen (secondary N) is 1. The third kappa shape index (κ3) is 3.53. The molecule has 0 aliphatic heterocycles. The van der Waals surface area contributed by atoms with Crippen LogP contribution in [0.4, 0.5) is 0 Å². The zero-order valence-corrected chi connectivity index (χ0v) is 10.7. The number of aryl methyl sites for hydroxylation is 1. The van der Waals surface area contributed by atoms with Crippen molar-refractivity contribution in [2.24, 2.45) is 0 Å². The van der Waals surface area contributed by atoms with Crippen molar-refractivity contribution in [3.63, 3.8) is 0 Å². The molecule has 4 nitrogen and oxygen atoms in total. The summed E-state index contributed by atoms with van der Waals surface area (Å²) in [5.41, 5.74) is 2.23. The van der Waals surface area contributed by atoms with Gasteiger partial charge in [0, 0.05) is 19.3 Å². The van der Waals surface area contributed by atoms with E-state index in [1.54, 1.807) is 13.3 Å². The smallest absolute Gasteiger partial charge is 0.125 e. The third-order valence-electron chi connectivity index (χ3n) is 2.63. The van der Waals surface area contributed by atoms with Crippen LogP contribution in [0.15, 0.2) is 36.5 Å². The first-order valence-electron chi connectivity index (χ1n) is 5.90. The molecule has 0 atom stereocenters. The van der Waals surface area contributed by atoms with Gasteiger partial charge in [0.1, 0.15) is 11.6 Å². The molecule has 4 heteroatoms. The summed E-state index contributed by atoms with van der Waals surface area (Å²) < 4.78 is 5.12. The average Bonchev–Trinajstić information content (AvgIpc) is 2.40. The highest BCUT2D eigenvalue weighted by molar-refractivity contribution is 5.27. The lowest BCUT2D eigenvalue weighted by Crippen LogP contribution is -2.14. The molecular formula is C14H17N3O. The first-order chi connectivity index (χ1) is 8.78. The highest BCUT2D eigenvalue weighted by Crippen LogP contribution is 2.11. The molecule has 0 saturated heterocycles. The van der Waals surface area contributed by atoms with Gasteiger partial charge in [-0.3, -0.25) is 0 Å². The summed E-state index contributed by atoms with van der Waals surface area (Å²) in [5, 5.41) is 3.35. The Morgan fingerprint density at radius 3 is 2.56 bits per heavy atom. The van der Waals surface area contributed by atoms with Crippen LogP contribution in [0.3, 0.4) is 0 Å². The van der Waals surface area contributed by atoms with Crippen molar-refractivity contribution in [1.29, 1.82) is 0 Å². The van der Waals surface area contributed by atoms with E-state index in [1.807, 2.05) is 25.1 Å². The van der Waals surface area contributed by atoms with Gasteiger partial charge in [0.15, 0.2) is 0 Å². The van der Waals surface area contributed by atoms with Crippen LogP contribution in [0.2, 0.25) is 0 Å². The minimum Gasteiger partial charge on any atom is -0.497 e. The molecule has 0 saturated carbocycles. The summed E-state index contributed by atoms with van der Waals surface area (Å²) in [5.74, 6) is 1.68. The summed E-state index contributed by atoms with van der Waals surface area (Å²) in [4.78, 5) is 8.41. The number of methoxy groups -OCH3 is 1. The lowest BCUT2D eigenvalue weighted by Gasteiger charge is -2.06. The quantitative estimate of drug-likeness (QED) is 0.873. The molecule has 0 spiro atoms. The minimum atomic E-state index is 0.745. The number of ether oxygens (including phenoxy) is 1. The second-order valence-electron chi connectivity index (χ2n) is 4.05. The number of nitrogens with zero attached hydrogens (tertiary/aromatic N) is 2. The molecule has 18 heavy (non-hydrogen) atoms. The van der Waals surface area contributed by atoms with Gasteiger partial charge in [0.25, 0.3) is 0 Å². The lowest BCUT2D eigenvalue weighted by molar-refractivity contribution is 0.414. The van der Waals surface area contributed by atoms with Crippen molar-refractivity contribution in [2.75, 3.05) is 7.11 Å². The fourth-order valence-electron chi connectivity index (χ4n) is 1.68. The van der Waals surface area contributed by atoms with Gasteiger partial charge in [-0.05, 0) is 30.7 Å². The topological polar surface area (TPSA) is 47.0 Å². The van der Waals surface area contributed by atoms with E-state index in [-0.39, 0.29) is 0 Å². The molecular weight excluding hydrogens is 226 g/mol. The number of aromatic nitrogens is 2. The van der Waals surface area contributed by atoms with Crippen LogP contribution < -0.4 is 10.1 Å². The van der Waals surface area contributed by atoms with Gasteiger partial charge < -0.3 is 10.1 Å². The summed E-state index contributed by atoms with van der Waals surface area (Å²) in [7, 11) is 1.67. The van der Waals surface area contributed by atoms with E-state index in [9.17, 15) is 0 Å². The monoisotopic (exact) mass is 243 g/mol. The van der Waals surface area contributed by atoms with E-state index < -0.39 is 0 Å². The maximum Gasteiger partial charge on any atom is 0.125 e. The lowest BCUT2D eigenvalue weighted by atomic mass is 10.2. The third-order valence-corrected chi connectivity index (χ3v) is 2.63. The normalized spacial score (nSPS) is 10.3. The van der Waals surface area contributed by atoms with E-state index in [0.717, 1.165) is 30.4 Å². The van der Waals surface area contributed by atoms with Crippen LogP contribution in [0.25, 0.3) is 0 Å². The number of hydrogen-bond donors (Lipinski definition) is 1. The second-order valence-corrected chi connectivity index (χ2v) is 4.05. The molecule has 2 rings (SSSR count). The number of rotatable bonds is 5. The maximum absolute atomic E-state index is 5.12. The van der Waals surface area contributed by atoms with Crippen molar-refractivity contribution in [3.05, 3.63) is 53.6 Å². The Morgan fingerprint density at radius 2 is 1.89 bits per heavy atom. The predicted octanol–water partition coefficient (Wildman–Crippen LogP) is 2.08. The summed E-state index contributed by atoms with van der Waals surface area (Å²) in [6.07, 6.45) is 1.78. The highest BCUT2D eigenvalue weighted by Gasteiger charge is 1.97. The molecule has 1 aromatic heterocycles. The fraction of sp³-hybridized carbons (Fsp3) is 0.286. The molecule has 0 radical (unpaired) electrons. The SMILES string of the molecule is COc1ccc(CNCc2ccnc(C)n2)cc1. The standard InChI is InChI=1S/C14H17N3O/c1-11-16-8-7-13(17-11)10-15-9-12-3-5-14(18-2)6-4-12/h3-8,15H,9-10H2,1-2H3. The van der Waals surface area contributed by atoms with Gasteiger partial charge >= 0.3 is 0 Å². The Labute approximate surface area is 107 Å². The van der Waals surface area contributed by atoms with Crippen LogP contribution in [0, 0.1) is 6.92 Å². The van der Waals surface area contributed by atoms with Gasteiger partial charge in [-0.25, -0.2) is 9.97 Å². The van der Waals surface area contributed by atoms with E-state index in [1.165, 1.54) is 5.56 Å². The van der Waals surface area contributed by atoms with Crippen LogP contribution in [0.5, 0.6) is 5.75 Å². The Kier molecular flexibility index (Phi) is 4.25. The van der Waals surface area contributed by atoms with E-state index in [4.69, 9.17) is 4.74 Å². The molecule has 0 aliphatic carbocycles. The summed E-state index contributed by atoms with van der Waals surface area (Å²) >= 11 is 0. The van der Waals surface area contributed by atoms with Crippen molar-refractivity contribution in [1.82, 2.24) is 15.3 Å². The summed E-state index contributed by atoms with van der Waals surface area (Å²) in [6, 6.07) is 9.96. The molecule has 0 fully saturated rings. The first kappa shape index (κ1) is 12.5. The van der Waals surface area contributed by atoms with Crippen LogP contribution >= 0.6 is 0 Å². The van der Waals surface area contributed by atoms with Crippen LogP contribution in [-0.2, 0) is 13.1 Å². The molecule has 94 valence electrons. The van der Waals surface area contributed by atoms with Gasteiger partial charge in [0.2, 0.25) is 0 Å². The van der Waals surface area contributed by atoms with E-state index >= 15 is 0 Å². The average molecular weight is 243 g/mol. The van der Waals surface area contributed by atoms with Gasteiger partial charge in [-0.2, -0.15) is 0 Å². The second kappa shape index (κ2) is 6.12. The van der Waals surface area contributed by atoms with Crippen LogP contribution in [-0.4, -0.2) is 17.1 Å². The maximum atomic E-state index is 5.12. The molecule has 0 aliphatic rings. The van der Waals surface area contributed by atoms with Gasteiger partial charge in [-0.1, -0.05) is 12.1 Å². The van der Waals surface area contributed by atoms with E-state index in [0.29, 0.717) is 0 Å². The van der Waals surface area contributed by atoms with E-state index in [2.05, 4.69) is 27.4 Å². The van der Waals surface area contributed by atoms with Crippen LogP contribution in [0.1, 0.15) is 17.1 Å². The Bertz CT molecular complexity index is 497. The molecule has 0 unspecified atom stereocenters. The Balaban J connectivity index is 1.84. The zero-order valence-electron chi connectivity index (χ0n) is 10.7. The zero-order chi connectivity index (χ0) is 12.8. The van der Waals surface area contributed by atoms with Crippen molar-refractivity contribution in [3.8, 4) is 5.75 Å².